The standard InChI is InChI=1S/C17H26N4O2/c1-11(2)15-8-18-16(23-15)9-21-6-7-22-10-14(21)17-12(3)19-20(5)13(17)4/h8,11,14H,6-7,9-10H2,1-5H3. The van der Waals surface area contributed by atoms with Crippen molar-refractivity contribution in [3.05, 3.63) is 34.8 Å². The summed E-state index contributed by atoms with van der Waals surface area (Å²) in [5.41, 5.74) is 3.53. The van der Waals surface area contributed by atoms with Crippen molar-refractivity contribution in [3.8, 4) is 0 Å². The summed E-state index contributed by atoms with van der Waals surface area (Å²) in [5.74, 6) is 2.08. The molecule has 0 radical (unpaired) electrons. The van der Waals surface area contributed by atoms with E-state index < -0.39 is 0 Å². The summed E-state index contributed by atoms with van der Waals surface area (Å²) < 4.78 is 13.6. The number of aryl methyl sites for hydroxylation is 2. The molecule has 2 aromatic rings. The van der Waals surface area contributed by atoms with Crippen molar-refractivity contribution in [1.82, 2.24) is 19.7 Å². The molecule has 0 spiro atoms. The minimum absolute atomic E-state index is 0.201. The van der Waals surface area contributed by atoms with Crippen LogP contribution in [-0.2, 0) is 18.3 Å². The van der Waals surface area contributed by atoms with Gasteiger partial charge < -0.3 is 9.15 Å². The lowest BCUT2D eigenvalue weighted by molar-refractivity contribution is -0.0167. The molecule has 0 aliphatic carbocycles. The minimum atomic E-state index is 0.201. The topological polar surface area (TPSA) is 56.3 Å². The van der Waals surface area contributed by atoms with Crippen molar-refractivity contribution in [1.29, 1.82) is 0 Å². The van der Waals surface area contributed by atoms with E-state index >= 15 is 0 Å². The fraction of sp³-hybridized carbons (Fsp3) is 0.647. The number of hydrogen-bond donors (Lipinski definition) is 0. The van der Waals surface area contributed by atoms with Crippen LogP contribution in [0.15, 0.2) is 10.6 Å². The van der Waals surface area contributed by atoms with Crippen LogP contribution < -0.4 is 0 Å². The third-order valence-electron chi connectivity index (χ3n) is 4.62. The predicted octanol–water partition coefficient (Wildman–Crippen LogP) is 2.72. The highest BCUT2D eigenvalue weighted by Gasteiger charge is 2.30. The van der Waals surface area contributed by atoms with Gasteiger partial charge in [-0.3, -0.25) is 9.58 Å². The third kappa shape index (κ3) is 3.19. The predicted molar refractivity (Wildman–Crippen MR) is 87.2 cm³/mol. The highest BCUT2D eigenvalue weighted by atomic mass is 16.5. The van der Waals surface area contributed by atoms with Gasteiger partial charge in [-0.05, 0) is 13.8 Å². The van der Waals surface area contributed by atoms with E-state index in [0.29, 0.717) is 19.1 Å². The SMILES string of the molecule is Cc1nn(C)c(C)c1C1COCCN1Cc1ncc(C(C)C)o1. The molecule has 1 aliphatic heterocycles. The highest BCUT2D eigenvalue weighted by molar-refractivity contribution is 5.28. The smallest absolute Gasteiger partial charge is 0.208 e. The molecule has 3 heterocycles. The van der Waals surface area contributed by atoms with E-state index in [1.54, 1.807) is 0 Å². The van der Waals surface area contributed by atoms with Crippen LogP contribution in [-0.4, -0.2) is 39.4 Å². The molecular weight excluding hydrogens is 292 g/mol. The van der Waals surface area contributed by atoms with E-state index in [9.17, 15) is 0 Å². The zero-order valence-electron chi connectivity index (χ0n) is 14.7. The number of aromatic nitrogens is 3. The van der Waals surface area contributed by atoms with E-state index in [1.807, 2.05) is 17.9 Å². The van der Waals surface area contributed by atoms with Crippen LogP contribution in [0.2, 0.25) is 0 Å². The van der Waals surface area contributed by atoms with E-state index in [-0.39, 0.29) is 6.04 Å². The Bertz CT molecular complexity index is 674. The molecule has 1 unspecified atom stereocenters. The van der Waals surface area contributed by atoms with Gasteiger partial charge >= 0.3 is 0 Å². The van der Waals surface area contributed by atoms with Crippen molar-refractivity contribution >= 4 is 0 Å². The number of rotatable bonds is 4. The molecule has 0 amide bonds. The second-order valence-electron chi connectivity index (χ2n) is 6.58. The Morgan fingerprint density at radius 3 is 2.74 bits per heavy atom. The average molecular weight is 318 g/mol. The lowest BCUT2D eigenvalue weighted by Gasteiger charge is -2.35. The molecule has 0 bridgehead atoms. The molecule has 0 aromatic carbocycles. The zero-order chi connectivity index (χ0) is 16.6. The van der Waals surface area contributed by atoms with Gasteiger partial charge in [0.25, 0.3) is 0 Å². The Kier molecular flexibility index (Phi) is 4.55. The third-order valence-corrected chi connectivity index (χ3v) is 4.62. The van der Waals surface area contributed by atoms with Gasteiger partial charge in [0.2, 0.25) is 5.89 Å². The van der Waals surface area contributed by atoms with E-state index in [2.05, 4.69) is 42.7 Å². The Hall–Kier alpha value is -1.66. The summed E-state index contributed by atoms with van der Waals surface area (Å²) in [7, 11) is 1.99. The van der Waals surface area contributed by atoms with Gasteiger partial charge in [-0.25, -0.2) is 4.98 Å². The zero-order valence-corrected chi connectivity index (χ0v) is 14.7. The van der Waals surface area contributed by atoms with Gasteiger partial charge in [-0.1, -0.05) is 13.8 Å². The van der Waals surface area contributed by atoms with Gasteiger partial charge in [0, 0.05) is 30.8 Å². The molecule has 1 saturated heterocycles. The molecule has 3 rings (SSSR count). The van der Waals surface area contributed by atoms with Crippen LogP contribution in [0.5, 0.6) is 0 Å². The van der Waals surface area contributed by atoms with Crippen LogP contribution in [0.1, 0.15) is 54.4 Å². The Balaban J connectivity index is 1.83. The quantitative estimate of drug-likeness (QED) is 0.867. The monoisotopic (exact) mass is 318 g/mol. The Morgan fingerprint density at radius 1 is 1.35 bits per heavy atom. The summed E-state index contributed by atoms with van der Waals surface area (Å²) in [4.78, 5) is 6.83. The number of nitrogens with zero attached hydrogens (tertiary/aromatic N) is 4. The molecule has 6 heteroatoms. The molecule has 6 nitrogen and oxygen atoms in total. The lowest BCUT2D eigenvalue weighted by atomic mass is 10.0. The van der Waals surface area contributed by atoms with Gasteiger partial charge in [0.05, 0.1) is 37.7 Å². The molecule has 1 fully saturated rings. The molecular formula is C17H26N4O2. The van der Waals surface area contributed by atoms with Gasteiger partial charge in [0.1, 0.15) is 5.76 Å². The van der Waals surface area contributed by atoms with E-state index in [0.717, 1.165) is 30.5 Å². The van der Waals surface area contributed by atoms with Crippen LogP contribution in [0.4, 0.5) is 0 Å². The molecule has 0 saturated carbocycles. The molecule has 126 valence electrons. The summed E-state index contributed by atoms with van der Waals surface area (Å²) in [5, 5.41) is 4.55. The summed E-state index contributed by atoms with van der Waals surface area (Å²) in [6.07, 6.45) is 1.84. The fourth-order valence-corrected chi connectivity index (χ4v) is 3.20. The first-order valence-electron chi connectivity index (χ1n) is 8.24. The molecule has 1 atom stereocenters. The normalized spacial score (nSPS) is 19.7. The van der Waals surface area contributed by atoms with Crippen molar-refractivity contribution in [2.24, 2.45) is 7.05 Å². The number of oxazole rings is 1. The second kappa shape index (κ2) is 6.45. The van der Waals surface area contributed by atoms with Crippen LogP contribution >= 0.6 is 0 Å². The van der Waals surface area contributed by atoms with Crippen molar-refractivity contribution in [2.45, 2.75) is 46.2 Å². The number of ether oxygens (including phenoxy) is 1. The van der Waals surface area contributed by atoms with Gasteiger partial charge in [-0.15, -0.1) is 0 Å². The first kappa shape index (κ1) is 16.2. The minimum Gasteiger partial charge on any atom is -0.444 e. The summed E-state index contributed by atoms with van der Waals surface area (Å²) in [6.45, 7) is 11.4. The Morgan fingerprint density at radius 2 is 2.13 bits per heavy atom. The largest absolute Gasteiger partial charge is 0.444 e. The number of morpholine rings is 1. The maximum absolute atomic E-state index is 5.88. The first-order valence-corrected chi connectivity index (χ1v) is 8.24. The fourth-order valence-electron chi connectivity index (χ4n) is 3.20. The number of hydrogen-bond acceptors (Lipinski definition) is 5. The van der Waals surface area contributed by atoms with E-state index in [1.165, 1.54) is 11.3 Å². The average Bonchev–Trinajstić information content (AvgIpc) is 3.06. The highest BCUT2D eigenvalue weighted by Crippen LogP contribution is 2.30. The summed E-state index contributed by atoms with van der Waals surface area (Å²) in [6, 6.07) is 0.201. The first-order chi connectivity index (χ1) is 11.0. The molecule has 1 aliphatic rings. The summed E-state index contributed by atoms with van der Waals surface area (Å²) >= 11 is 0. The van der Waals surface area contributed by atoms with Crippen molar-refractivity contribution < 1.29 is 9.15 Å². The van der Waals surface area contributed by atoms with Gasteiger partial charge in [0.15, 0.2) is 0 Å². The van der Waals surface area contributed by atoms with E-state index in [4.69, 9.17) is 9.15 Å². The van der Waals surface area contributed by atoms with Crippen LogP contribution in [0.25, 0.3) is 0 Å². The van der Waals surface area contributed by atoms with Crippen LogP contribution in [0, 0.1) is 13.8 Å². The maximum Gasteiger partial charge on any atom is 0.208 e. The maximum atomic E-state index is 5.88. The second-order valence-corrected chi connectivity index (χ2v) is 6.58. The molecule has 2 aromatic heterocycles. The molecule has 23 heavy (non-hydrogen) atoms. The lowest BCUT2D eigenvalue weighted by Crippen LogP contribution is -2.39. The van der Waals surface area contributed by atoms with Crippen molar-refractivity contribution in [3.63, 3.8) is 0 Å². The Labute approximate surface area is 137 Å². The van der Waals surface area contributed by atoms with Crippen molar-refractivity contribution in [2.75, 3.05) is 19.8 Å². The molecule has 0 N–H and O–H groups in total. The van der Waals surface area contributed by atoms with Gasteiger partial charge in [-0.2, -0.15) is 5.10 Å². The van der Waals surface area contributed by atoms with Crippen LogP contribution in [0.3, 0.4) is 0 Å².